The first-order valence-corrected chi connectivity index (χ1v) is 5.72. The molecule has 0 spiro atoms. The van der Waals surface area contributed by atoms with E-state index in [1.165, 1.54) is 0 Å². The molecule has 0 saturated carbocycles. The summed E-state index contributed by atoms with van der Waals surface area (Å²) in [6.45, 7) is 4.05. The maximum atomic E-state index is 8.71. The molecule has 0 aliphatic carbocycles. The van der Waals surface area contributed by atoms with Crippen molar-refractivity contribution in [2.75, 3.05) is 43.9 Å². The molecule has 0 bridgehead atoms. The number of nitrogens with zero attached hydrogens (tertiary/aromatic N) is 3. The van der Waals surface area contributed by atoms with E-state index in [1.54, 1.807) is 0 Å². The van der Waals surface area contributed by atoms with Gasteiger partial charge in [0.25, 0.3) is 0 Å². The Bertz CT molecular complexity index is 333. The van der Waals surface area contributed by atoms with Gasteiger partial charge in [-0.05, 0) is 26.9 Å². The molecule has 0 radical (unpaired) electrons. The third kappa shape index (κ3) is 5.41. The number of rotatable bonds is 8. The van der Waals surface area contributed by atoms with E-state index >= 15 is 0 Å². The van der Waals surface area contributed by atoms with Crippen molar-refractivity contribution in [3.05, 3.63) is 5.82 Å². The molecule has 0 aliphatic heterocycles. The highest BCUT2D eigenvalue weighted by Gasteiger charge is 2.02. The predicted molar refractivity (Wildman–Crippen MR) is 67.2 cm³/mol. The summed E-state index contributed by atoms with van der Waals surface area (Å²) < 4.78 is 0. The van der Waals surface area contributed by atoms with Crippen molar-refractivity contribution in [2.24, 2.45) is 0 Å². The number of aliphatic hydroxyl groups excluding tert-OH is 1. The molecule has 17 heavy (non-hydrogen) atoms. The van der Waals surface area contributed by atoms with Gasteiger partial charge in [-0.15, -0.1) is 0 Å². The van der Waals surface area contributed by atoms with Crippen molar-refractivity contribution in [3.63, 3.8) is 0 Å². The summed E-state index contributed by atoms with van der Waals surface area (Å²) in [5.41, 5.74) is 0. The molecule has 1 aromatic rings. The van der Waals surface area contributed by atoms with Gasteiger partial charge in [0.2, 0.25) is 11.9 Å². The van der Waals surface area contributed by atoms with E-state index in [1.807, 2.05) is 14.0 Å². The van der Waals surface area contributed by atoms with Crippen molar-refractivity contribution < 1.29 is 5.11 Å². The lowest BCUT2D eigenvalue weighted by Crippen LogP contribution is -2.16. The third-order valence-electron chi connectivity index (χ3n) is 2.03. The predicted octanol–water partition coefficient (Wildman–Crippen LogP) is -0.394. The molecule has 7 heteroatoms. The molecular weight excluding hydrogens is 220 g/mol. The van der Waals surface area contributed by atoms with E-state index in [-0.39, 0.29) is 6.61 Å². The highest BCUT2D eigenvalue weighted by atomic mass is 16.3. The zero-order valence-corrected chi connectivity index (χ0v) is 10.3. The quantitative estimate of drug-likeness (QED) is 0.459. The van der Waals surface area contributed by atoms with Crippen LogP contribution < -0.4 is 16.0 Å². The minimum Gasteiger partial charge on any atom is -0.395 e. The molecule has 1 rings (SSSR count). The van der Waals surface area contributed by atoms with E-state index in [0.29, 0.717) is 24.3 Å². The van der Waals surface area contributed by atoms with E-state index in [4.69, 9.17) is 5.11 Å². The molecular formula is C10H20N6O. The molecule has 1 heterocycles. The van der Waals surface area contributed by atoms with Crippen LogP contribution in [0, 0.1) is 6.92 Å². The molecule has 1 aromatic heterocycles. The third-order valence-corrected chi connectivity index (χ3v) is 2.03. The van der Waals surface area contributed by atoms with Crippen molar-refractivity contribution in [1.82, 2.24) is 20.3 Å². The van der Waals surface area contributed by atoms with E-state index < -0.39 is 0 Å². The monoisotopic (exact) mass is 240 g/mol. The first-order chi connectivity index (χ1) is 8.26. The van der Waals surface area contributed by atoms with Gasteiger partial charge in [-0.2, -0.15) is 15.0 Å². The average molecular weight is 240 g/mol. The van der Waals surface area contributed by atoms with E-state index in [9.17, 15) is 0 Å². The Morgan fingerprint density at radius 2 is 1.65 bits per heavy atom. The molecule has 4 N–H and O–H groups in total. The summed E-state index contributed by atoms with van der Waals surface area (Å²) in [5.74, 6) is 1.70. The number of hydrogen-bond acceptors (Lipinski definition) is 7. The molecule has 7 nitrogen and oxygen atoms in total. The lowest BCUT2D eigenvalue weighted by molar-refractivity contribution is 0.310. The number of aliphatic hydroxyl groups is 1. The van der Waals surface area contributed by atoms with Crippen molar-refractivity contribution in [3.8, 4) is 0 Å². The SMILES string of the molecule is CNCCCNc1nc(C)nc(NCCO)n1. The Labute approximate surface area is 101 Å². The van der Waals surface area contributed by atoms with Crippen molar-refractivity contribution in [1.29, 1.82) is 0 Å². The smallest absolute Gasteiger partial charge is 0.227 e. The van der Waals surface area contributed by atoms with Crippen LogP contribution in [0.3, 0.4) is 0 Å². The van der Waals surface area contributed by atoms with Gasteiger partial charge < -0.3 is 21.1 Å². The Morgan fingerprint density at radius 3 is 2.24 bits per heavy atom. The van der Waals surface area contributed by atoms with Crippen molar-refractivity contribution in [2.45, 2.75) is 13.3 Å². The fourth-order valence-corrected chi connectivity index (χ4v) is 1.27. The number of anilines is 2. The van der Waals surface area contributed by atoms with Crippen LogP contribution in [0.25, 0.3) is 0 Å². The minimum absolute atomic E-state index is 0.0513. The van der Waals surface area contributed by atoms with Gasteiger partial charge in [0, 0.05) is 13.1 Å². The molecule has 0 aromatic carbocycles. The van der Waals surface area contributed by atoms with Gasteiger partial charge in [-0.25, -0.2) is 0 Å². The van der Waals surface area contributed by atoms with Gasteiger partial charge in [0.1, 0.15) is 5.82 Å². The normalized spacial score (nSPS) is 10.3. The standard InChI is InChI=1S/C10H20N6O/c1-8-14-9(12-5-3-4-11-2)16-10(15-8)13-6-7-17/h11,17H,3-7H2,1-2H3,(H2,12,13,14,15,16). The van der Waals surface area contributed by atoms with Gasteiger partial charge in [-0.3, -0.25) is 0 Å². The van der Waals surface area contributed by atoms with Crippen LogP contribution in [0.2, 0.25) is 0 Å². The fourth-order valence-electron chi connectivity index (χ4n) is 1.27. The molecule has 0 unspecified atom stereocenters. The number of hydrogen-bond donors (Lipinski definition) is 4. The van der Waals surface area contributed by atoms with Crippen LogP contribution in [0.15, 0.2) is 0 Å². The first kappa shape index (κ1) is 13.6. The van der Waals surface area contributed by atoms with Crippen LogP contribution in [-0.4, -0.2) is 53.3 Å². The fraction of sp³-hybridized carbons (Fsp3) is 0.700. The minimum atomic E-state index is 0.0513. The number of aromatic nitrogens is 3. The highest BCUT2D eigenvalue weighted by Crippen LogP contribution is 2.04. The maximum absolute atomic E-state index is 8.71. The lowest BCUT2D eigenvalue weighted by atomic mass is 10.4. The summed E-state index contributed by atoms with van der Waals surface area (Å²) in [4.78, 5) is 12.5. The van der Waals surface area contributed by atoms with Crippen molar-refractivity contribution >= 4 is 11.9 Å². The summed E-state index contributed by atoms with van der Waals surface area (Å²) in [7, 11) is 1.92. The summed E-state index contributed by atoms with van der Waals surface area (Å²) in [6.07, 6.45) is 1.00. The molecule has 96 valence electrons. The van der Waals surface area contributed by atoms with Gasteiger partial charge in [-0.1, -0.05) is 0 Å². The van der Waals surface area contributed by atoms with E-state index in [0.717, 1.165) is 19.5 Å². The van der Waals surface area contributed by atoms with E-state index in [2.05, 4.69) is 30.9 Å². The second-order valence-corrected chi connectivity index (χ2v) is 3.56. The Morgan fingerprint density at radius 1 is 1.00 bits per heavy atom. The summed E-state index contributed by atoms with van der Waals surface area (Å²) in [6, 6.07) is 0. The van der Waals surface area contributed by atoms with Crippen LogP contribution in [0.1, 0.15) is 12.2 Å². The lowest BCUT2D eigenvalue weighted by Gasteiger charge is -2.08. The van der Waals surface area contributed by atoms with Crippen LogP contribution in [0.5, 0.6) is 0 Å². The van der Waals surface area contributed by atoms with Gasteiger partial charge >= 0.3 is 0 Å². The summed E-state index contributed by atoms with van der Waals surface area (Å²) >= 11 is 0. The maximum Gasteiger partial charge on any atom is 0.227 e. The molecule has 0 fully saturated rings. The van der Waals surface area contributed by atoms with Crippen LogP contribution in [0.4, 0.5) is 11.9 Å². The number of nitrogens with one attached hydrogen (secondary N) is 3. The summed E-state index contributed by atoms with van der Waals surface area (Å²) in [5, 5.41) is 17.8. The molecule has 0 saturated heterocycles. The van der Waals surface area contributed by atoms with Gasteiger partial charge in [0.05, 0.1) is 6.61 Å². The second kappa shape index (κ2) is 7.75. The number of aryl methyl sites for hydroxylation is 1. The van der Waals surface area contributed by atoms with Crippen LogP contribution >= 0.6 is 0 Å². The Hall–Kier alpha value is -1.47. The molecule has 0 atom stereocenters. The average Bonchev–Trinajstić information content (AvgIpc) is 2.31. The largest absolute Gasteiger partial charge is 0.395 e. The molecule has 0 aliphatic rings. The second-order valence-electron chi connectivity index (χ2n) is 3.56. The van der Waals surface area contributed by atoms with Crippen LogP contribution in [-0.2, 0) is 0 Å². The first-order valence-electron chi connectivity index (χ1n) is 5.72. The van der Waals surface area contributed by atoms with Gasteiger partial charge in [0.15, 0.2) is 0 Å². The Balaban J connectivity index is 2.50. The highest BCUT2D eigenvalue weighted by molar-refractivity contribution is 5.34. The Kier molecular flexibility index (Phi) is 6.19. The topological polar surface area (TPSA) is 95.0 Å². The zero-order valence-electron chi connectivity index (χ0n) is 10.3. The zero-order chi connectivity index (χ0) is 12.5. The molecule has 0 amide bonds.